The van der Waals surface area contributed by atoms with E-state index in [9.17, 15) is 18.8 Å². The van der Waals surface area contributed by atoms with Crippen molar-refractivity contribution in [3.05, 3.63) is 59.4 Å². The molecule has 0 atom stereocenters. The highest BCUT2D eigenvalue weighted by atomic mass is 19.1. The fourth-order valence-corrected chi connectivity index (χ4v) is 2.17. The average Bonchev–Trinajstić information content (AvgIpc) is 2.66. The van der Waals surface area contributed by atoms with Crippen LogP contribution in [0.5, 0.6) is 5.75 Å². The molecule has 142 valence electrons. The highest BCUT2D eigenvalue weighted by molar-refractivity contribution is 6.02. The molecule has 2 aromatic carbocycles. The molecule has 0 fully saturated rings. The summed E-state index contributed by atoms with van der Waals surface area (Å²) in [5, 5.41) is 2.48. The van der Waals surface area contributed by atoms with E-state index in [1.54, 1.807) is 19.1 Å². The van der Waals surface area contributed by atoms with Gasteiger partial charge in [0.25, 0.3) is 5.91 Å². The van der Waals surface area contributed by atoms with Crippen molar-refractivity contribution in [3.8, 4) is 5.75 Å². The molecule has 0 aliphatic heterocycles. The van der Waals surface area contributed by atoms with Gasteiger partial charge < -0.3 is 19.5 Å². The van der Waals surface area contributed by atoms with Gasteiger partial charge in [0.1, 0.15) is 0 Å². The summed E-state index contributed by atoms with van der Waals surface area (Å²) in [7, 11) is 1.30. The van der Waals surface area contributed by atoms with Crippen molar-refractivity contribution in [1.29, 1.82) is 0 Å². The fourth-order valence-electron chi connectivity index (χ4n) is 2.17. The molecule has 0 bridgehead atoms. The lowest BCUT2D eigenvalue weighted by molar-refractivity contribution is -0.119. The van der Waals surface area contributed by atoms with E-state index in [-0.39, 0.29) is 29.2 Å². The van der Waals surface area contributed by atoms with Crippen molar-refractivity contribution in [1.82, 2.24) is 0 Å². The van der Waals surface area contributed by atoms with Gasteiger partial charge in [0.15, 0.2) is 18.2 Å². The zero-order valence-electron chi connectivity index (χ0n) is 14.8. The average molecular weight is 375 g/mol. The number of para-hydroxylation sites is 1. The van der Waals surface area contributed by atoms with Crippen LogP contribution in [0.25, 0.3) is 0 Å². The second-order valence-electron chi connectivity index (χ2n) is 5.24. The lowest BCUT2D eigenvalue weighted by Gasteiger charge is -2.11. The number of carbonyl (C=O) groups excluding carboxylic acids is 3. The van der Waals surface area contributed by atoms with Crippen molar-refractivity contribution < 1.29 is 33.0 Å². The minimum atomic E-state index is -0.870. The number of halogens is 1. The molecular weight excluding hydrogens is 357 g/mol. The SMILES string of the molecule is CCOC(=O)c1ccccc1NC(=O)COC(=O)c1ccc(OC)c(F)c1. The number of carbonyl (C=O) groups is 3. The molecule has 0 saturated heterocycles. The number of rotatable bonds is 7. The minimum Gasteiger partial charge on any atom is -0.494 e. The van der Waals surface area contributed by atoms with Gasteiger partial charge in [-0.3, -0.25) is 4.79 Å². The van der Waals surface area contributed by atoms with Gasteiger partial charge in [-0.1, -0.05) is 12.1 Å². The Hall–Kier alpha value is -3.42. The first-order valence-corrected chi connectivity index (χ1v) is 8.03. The summed E-state index contributed by atoms with van der Waals surface area (Å²) in [5.41, 5.74) is 0.344. The van der Waals surface area contributed by atoms with Crippen LogP contribution in [0.2, 0.25) is 0 Å². The molecule has 1 N–H and O–H groups in total. The first-order valence-electron chi connectivity index (χ1n) is 8.03. The van der Waals surface area contributed by atoms with Crippen molar-refractivity contribution in [2.45, 2.75) is 6.92 Å². The monoisotopic (exact) mass is 375 g/mol. The minimum absolute atomic E-state index is 0.0140. The van der Waals surface area contributed by atoms with E-state index in [4.69, 9.17) is 14.2 Å². The second kappa shape index (κ2) is 9.33. The van der Waals surface area contributed by atoms with Gasteiger partial charge in [-0.15, -0.1) is 0 Å². The Balaban J connectivity index is 1.98. The van der Waals surface area contributed by atoms with Crippen LogP contribution in [0.15, 0.2) is 42.5 Å². The topological polar surface area (TPSA) is 90.9 Å². The zero-order valence-corrected chi connectivity index (χ0v) is 14.8. The fraction of sp³-hybridized carbons (Fsp3) is 0.211. The number of ether oxygens (including phenoxy) is 3. The molecule has 8 heteroatoms. The van der Waals surface area contributed by atoms with Gasteiger partial charge in [0, 0.05) is 0 Å². The lowest BCUT2D eigenvalue weighted by atomic mass is 10.2. The molecule has 27 heavy (non-hydrogen) atoms. The predicted octanol–water partition coefficient (Wildman–Crippen LogP) is 2.81. The maximum absolute atomic E-state index is 13.6. The maximum Gasteiger partial charge on any atom is 0.340 e. The van der Waals surface area contributed by atoms with Crippen LogP contribution in [0.4, 0.5) is 10.1 Å². The highest BCUT2D eigenvalue weighted by Crippen LogP contribution is 2.19. The van der Waals surface area contributed by atoms with Crippen LogP contribution in [-0.2, 0) is 14.3 Å². The summed E-state index contributed by atoms with van der Waals surface area (Å²) in [4.78, 5) is 35.8. The molecule has 1 amide bonds. The number of hydrogen-bond acceptors (Lipinski definition) is 6. The largest absolute Gasteiger partial charge is 0.494 e. The number of hydrogen-bond donors (Lipinski definition) is 1. The van der Waals surface area contributed by atoms with E-state index in [1.807, 2.05) is 0 Å². The highest BCUT2D eigenvalue weighted by Gasteiger charge is 2.16. The molecular formula is C19H18FNO6. The standard InChI is InChI=1S/C19H18FNO6/c1-3-26-19(24)13-6-4-5-7-15(13)21-17(22)11-27-18(23)12-8-9-16(25-2)14(20)10-12/h4-10H,3,11H2,1-2H3,(H,21,22). The van der Waals surface area contributed by atoms with E-state index in [1.165, 1.54) is 31.4 Å². The molecule has 0 radical (unpaired) electrons. The third-order valence-electron chi connectivity index (χ3n) is 3.42. The van der Waals surface area contributed by atoms with Gasteiger partial charge in [-0.25, -0.2) is 14.0 Å². The number of amides is 1. The quantitative estimate of drug-likeness (QED) is 0.749. The Kier molecular flexibility index (Phi) is 6.87. The van der Waals surface area contributed by atoms with Crippen LogP contribution in [0, 0.1) is 5.82 Å². The summed E-state index contributed by atoms with van der Waals surface area (Å²) in [6.45, 7) is 1.25. The Labute approximate surface area is 155 Å². The van der Waals surface area contributed by atoms with E-state index in [0.29, 0.717) is 0 Å². The molecule has 0 saturated carbocycles. The van der Waals surface area contributed by atoms with Gasteiger partial charge in [-0.2, -0.15) is 0 Å². The van der Waals surface area contributed by atoms with Gasteiger partial charge in [-0.05, 0) is 37.3 Å². The number of methoxy groups -OCH3 is 1. The number of anilines is 1. The van der Waals surface area contributed by atoms with Gasteiger partial charge in [0.2, 0.25) is 0 Å². The van der Waals surface area contributed by atoms with E-state index in [0.717, 1.165) is 6.07 Å². The molecule has 2 rings (SSSR count). The molecule has 0 aliphatic carbocycles. The Bertz CT molecular complexity index is 852. The Morgan fingerprint density at radius 1 is 1.04 bits per heavy atom. The first-order chi connectivity index (χ1) is 13.0. The smallest absolute Gasteiger partial charge is 0.340 e. The predicted molar refractivity (Wildman–Crippen MR) is 94.3 cm³/mol. The van der Waals surface area contributed by atoms with Crippen molar-refractivity contribution in [2.24, 2.45) is 0 Å². The summed E-state index contributed by atoms with van der Waals surface area (Å²) < 4.78 is 28.2. The Morgan fingerprint density at radius 2 is 1.78 bits per heavy atom. The van der Waals surface area contributed by atoms with Crippen molar-refractivity contribution in [2.75, 3.05) is 25.6 Å². The van der Waals surface area contributed by atoms with Crippen LogP contribution < -0.4 is 10.1 Å². The van der Waals surface area contributed by atoms with E-state index >= 15 is 0 Å². The summed E-state index contributed by atoms with van der Waals surface area (Å²) in [6.07, 6.45) is 0. The summed E-state index contributed by atoms with van der Waals surface area (Å²) >= 11 is 0. The first kappa shape index (κ1) is 19.9. The molecule has 0 aromatic heterocycles. The van der Waals surface area contributed by atoms with Crippen LogP contribution in [0.1, 0.15) is 27.6 Å². The van der Waals surface area contributed by atoms with Crippen LogP contribution in [-0.4, -0.2) is 38.2 Å². The lowest BCUT2D eigenvalue weighted by Crippen LogP contribution is -2.22. The molecule has 2 aromatic rings. The van der Waals surface area contributed by atoms with Crippen molar-refractivity contribution >= 4 is 23.5 Å². The molecule has 0 aliphatic rings. The number of nitrogens with one attached hydrogen (secondary N) is 1. The zero-order chi connectivity index (χ0) is 19.8. The third kappa shape index (κ3) is 5.27. The second-order valence-corrected chi connectivity index (χ2v) is 5.24. The van der Waals surface area contributed by atoms with Gasteiger partial charge >= 0.3 is 11.9 Å². The van der Waals surface area contributed by atoms with Crippen LogP contribution >= 0.6 is 0 Å². The van der Waals surface area contributed by atoms with E-state index in [2.05, 4.69) is 5.32 Å². The maximum atomic E-state index is 13.6. The van der Waals surface area contributed by atoms with E-state index < -0.39 is 30.3 Å². The van der Waals surface area contributed by atoms with Crippen LogP contribution in [0.3, 0.4) is 0 Å². The molecule has 0 heterocycles. The number of benzene rings is 2. The normalized spacial score (nSPS) is 10.0. The molecule has 0 spiro atoms. The van der Waals surface area contributed by atoms with Crippen molar-refractivity contribution in [3.63, 3.8) is 0 Å². The molecule has 7 nitrogen and oxygen atoms in total. The summed E-state index contributed by atoms with van der Waals surface area (Å²) in [5.74, 6) is -2.85. The van der Waals surface area contributed by atoms with Gasteiger partial charge in [0.05, 0.1) is 30.5 Å². The molecule has 0 unspecified atom stereocenters. The number of esters is 2. The summed E-state index contributed by atoms with van der Waals surface area (Å²) in [6, 6.07) is 9.82. The Morgan fingerprint density at radius 3 is 2.44 bits per heavy atom. The third-order valence-corrected chi connectivity index (χ3v) is 3.42.